The van der Waals surface area contributed by atoms with Crippen LogP contribution >= 0.6 is 0 Å². The van der Waals surface area contributed by atoms with Crippen LogP contribution in [0.1, 0.15) is 0 Å². The summed E-state index contributed by atoms with van der Waals surface area (Å²) in [5, 5.41) is 2.28. The van der Waals surface area contributed by atoms with Crippen molar-refractivity contribution in [3.05, 3.63) is 54.9 Å². The molecular formula is C16H14N4. The van der Waals surface area contributed by atoms with Gasteiger partial charge in [0.05, 0.1) is 5.69 Å². The van der Waals surface area contributed by atoms with E-state index in [1.807, 2.05) is 52.7 Å². The van der Waals surface area contributed by atoms with Gasteiger partial charge < -0.3 is 10.3 Å². The zero-order valence-electron chi connectivity index (χ0n) is 11.1. The Bertz CT molecular complexity index is 930. The Balaban J connectivity index is 2.13. The Morgan fingerprint density at radius 2 is 1.85 bits per heavy atom. The van der Waals surface area contributed by atoms with Crippen molar-refractivity contribution in [3.8, 4) is 11.4 Å². The monoisotopic (exact) mass is 262 g/mol. The highest BCUT2D eigenvalue weighted by molar-refractivity contribution is 5.96. The molecule has 0 atom stereocenters. The molecule has 1 aromatic carbocycles. The van der Waals surface area contributed by atoms with Crippen molar-refractivity contribution in [1.29, 1.82) is 0 Å². The average Bonchev–Trinajstić information content (AvgIpc) is 3.03. The first-order valence-corrected chi connectivity index (χ1v) is 6.53. The van der Waals surface area contributed by atoms with Crippen LogP contribution in [0.2, 0.25) is 0 Å². The van der Waals surface area contributed by atoms with Crippen LogP contribution in [0.15, 0.2) is 54.9 Å². The second-order valence-corrected chi connectivity index (χ2v) is 4.95. The summed E-state index contributed by atoms with van der Waals surface area (Å²) in [5.74, 6) is 0.674. The van der Waals surface area contributed by atoms with Gasteiger partial charge in [-0.25, -0.2) is 4.98 Å². The van der Waals surface area contributed by atoms with Crippen molar-refractivity contribution in [2.75, 3.05) is 5.73 Å². The summed E-state index contributed by atoms with van der Waals surface area (Å²) in [5.41, 5.74) is 9.03. The number of nitrogen functional groups attached to an aromatic ring is 1. The minimum atomic E-state index is 0.674. The van der Waals surface area contributed by atoms with Crippen molar-refractivity contribution in [2.24, 2.45) is 7.05 Å². The van der Waals surface area contributed by atoms with Crippen LogP contribution in [0.3, 0.4) is 0 Å². The predicted molar refractivity (Wildman–Crippen MR) is 81.5 cm³/mol. The van der Waals surface area contributed by atoms with E-state index in [1.54, 1.807) is 0 Å². The van der Waals surface area contributed by atoms with Crippen LogP contribution in [0.25, 0.3) is 27.8 Å². The molecule has 0 fully saturated rings. The van der Waals surface area contributed by atoms with E-state index in [-0.39, 0.29) is 0 Å². The molecule has 4 heteroatoms. The summed E-state index contributed by atoms with van der Waals surface area (Å²) in [6, 6.07) is 14.3. The highest BCUT2D eigenvalue weighted by Gasteiger charge is 2.14. The highest BCUT2D eigenvalue weighted by atomic mass is 15.1. The lowest BCUT2D eigenvalue weighted by Crippen LogP contribution is -1.96. The molecule has 4 aromatic rings. The molecule has 20 heavy (non-hydrogen) atoms. The number of hydrogen-bond donors (Lipinski definition) is 1. The summed E-state index contributed by atoms with van der Waals surface area (Å²) in [4.78, 5) is 4.76. The number of anilines is 1. The molecule has 0 saturated heterocycles. The Hall–Kier alpha value is -2.75. The van der Waals surface area contributed by atoms with Gasteiger partial charge in [-0.1, -0.05) is 24.3 Å². The summed E-state index contributed by atoms with van der Waals surface area (Å²) < 4.78 is 3.98. The minimum absolute atomic E-state index is 0.674. The molecule has 0 aliphatic carbocycles. The molecule has 2 N–H and O–H groups in total. The van der Waals surface area contributed by atoms with Crippen molar-refractivity contribution >= 4 is 22.2 Å². The first-order chi connectivity index (χ1) is 9.75. The molecule has 98 valence electrons. The predicted octanol–water partition coefficient (Wildman–Crippen LogP) is 3.08. The zero-order valence-corrected chi connectivity index (χ0v) is 11.1. The second kappa shape index (κ2) is 3.87. The van der Waals surface area contributed by atoms with E-state index in [9.17, 15) is 0 Å². The Morgan fingerprint density at radius 1 is 1.00 bits per heavy atom. The zero-order chi connectivity index (χ0) is 13.7. The number of fused-ring (bicyclic) bond motifs is 3. The smallest absolute Gasteiger partial charge is 0.147 e. The third kappa shape index (κ3) is 1.39. The van der Waals surface area contributed by atoms with Crippen LogP contribution in [0, 0.1) is 0 Å². The van der Waals surface area contributed by atoms with Gasteiger partial charge >= 0.3 is 0 Å². The quantitative estimate of drug-likeness (QED) is 0.573. The number of pyridine rings is 1. The Morgan fingerprint density at radius 3 is 2.65 bits per heavy atom. The molecule has 3 heterocycles. The molecule has 4 rings (SSSR count). The van der Waals surface area contributed by atoms with Gasteiger partial charge in [-0.05, 0) is 23.6 Å². The third-order valence-electron chi connectivity index (χ3n) is 3.74. The summed E-state index contributed by atoms with van der Waals surface area (Å²) >= 11 is 0. The van der Waals surface area contributed by atoms with Gasteiger partial charge in [0.2, 0.25) is 0 Å². The van der Waals surface area contributed by atoms with Crippen molar-refractivity contribution in [3.63, 3.8) is 0 Å². The summed E-state index contributed by atoms with van der Waals surface area (Å²) in [6.45, 7) is 0. The number of aryl methyl sites for hydroxylation is 1. The molecule has 0 radical (unpaired) electrons. The molecule has 0 bridgehead atoms. The van der Waals surface area contributed by atoms with Crippen LogP contribution in [0.4, 0.5) is 5.82 Å². The van der Waals surface area contributed by atoms with E-state index in [1.165, 1.54) is 5.39 Å². The molecule has 0 saturated carbocycles. The molecule has 0 amide bonds. The van der Waals surface area contributed by atoms with E-state index >= 15 is 0 Å². The first kappa shape index (κ1) is 11.1. The fourth-order valence-electron chi connectivity index (χ4n) is 2.68. The number of benzene rings is 1. The minimum Gasteiger partial charge on any atom is -0.383 e. The highest BCUT2D eigenvalue weighted by Crippen LogP contribution is 2.29. The van der Waals surface area contributed by atoms with Crippen LogP contribution in [-0.2, 0) is 7.05 Å². The van der Waals surface area contributed by atoms with Gasteiger partial charge in [0.25, 0.3) is 0 Å². The van der Waals surface area contributed by atoms with E-state index in [4.69, 9.17) is 10.7 Å². The van der Waals surface area contributed by atoms with Gasteiger partial charge in [0.15, 0.2) is 0 Å². The van der Waals surface area contributed by atoms with Crippen molar-refractivity contribution < 1.29 is 0 Å². The molecule has 0 aliphatic heterocycles. The largest absolute Gasteiger partial charge is 0.383 e. The number of nitrogens with zero attached hydrogens (tertiary/aromatic N) is 3. The van der Waals surface area contributed by atoms with E-state index in [2.05, 4.69) is 18.2 Å². The molecule has 0 unspecified atom stereocenters. The van der Waals surface area contributed by atoms with Crippen LogP contribution in [0.5, 0.6) is 0 Å². The number of aromatic nitrogens is 3. The number of nitrogens with two attached hydrogens (primary N) is 1. The number of hydrogen-bond acceptors (Lipinski definition) is 2. The number of imidazole rings is 1. The van der Waals surface area contributed by atoms with Crippen molar-refractivity contribution in [2.45, 2.75) is 0 Å². The maximum absolute atomic E-state index is 6.28. The second-order valence-electron chi connectivity index (χ2n) is 4.95. The summed E-state index contributed by atoms with van der Waals surface area (Å²) in [6.07, 6.45) is 3.98. The van der Waals surface area contributed by atoms with E-state index in [0.29, 0.717) is 5.82 Å². The summed E-state index contributed by atoms with van der Waals surface area (Å²) in [7, 11) is 2.00. The lowest BCUT2D eigenvalue weighted by atomic mass is 10.2. The van der Waals surface area contributed by atoms with Crippen LogP contribution in [-0.4, -0.2) is 14.0 Å². The SMILES string of the molecule is Cn1cccc1-c1nc2c3ccccc3ccn2c1N. The lowest BCUT2D eigenvalue weighted by Gasteiger charge is -2.01. The number of rotatable bonds is 1. The first-order valence-electron chi connectivity index (χ1n) is 6.53. The molecule has 0 aliphatic rings. The Labute approximate surface area is 116 Å². The Kier molecular flexibility index (Phi) is 2.15. The van der Waals surface area contributed by atoms with E-state index in [0.717, 1.165) is 22.4 Å². The maximum atomic E-state index is 6.28. The van der Waals surface area contributed by atoms with Gasteiger partial charge in [0.1, 0.15) is 17.2 Å². The topological polar surface area (TPSA) is 48.2 Å². The van der Waals surface area contributed by atoms with Gasteiger partial charge in [-0.15, -0.1) is 0 Å². The lowest BCUT2D eigenvalue weighted by molar-refractivity contribution is 0.933. The van der Waals surface area contributed by atoms with Gasteiger partial charge in [-0.2, -0.15) is 0 Å². The fourth-order valence-corrected chi connectivity index (χ4v) is 2.68. The fraction of sp³-hybridized carbons (Fsp3) is 0.0625. The molecule has 3 aromatic heterocycles. The third-order valence-corrected chi connectivity index (χ3v) is 3.74. The van der Waals surface area contributed by atoms with E-state index < -0.39 is 0 Å². The average molecular weight is 262 g/mol. The molecular weight excluding hydrogens is 248 g/mol. The normalized spacial score (nSPS) is 11.4. The molecule has 4 nitrogen and oxygen atoms in total. The standard InChI is InChI=1S/C16H14N4/c1-19-9-4-7-13(19)14-15(17)20-10-8-11-5-2-3-6-12(11)16(20)18-14/h2-10H,17H2,1H3. The van der Waals surface area contributed by atoms with Gasteiger partial charge in [-0.3, -0.25) is 4.40 Å². The van der Waals surface area contributed by atoms with Crippen molar-refractivity contribution in [1.82, 2.24) is 14.0 Å². The van der Waals surface area contributed by atoms with Gasteiger partial charge in [0, 0.05) is 24.8 Å². The maximum Gasteiger partial charge on any atom is 0.147 e. The molecule has 0 spiro atoms. The van der Waals surface area contributed by atoms with Crippen LogP contribution < -0.4 is 5.73 Å².